The van der Waals surface area contributed by atoms with Crippen LogP contribution in [-0.4, -0.2) is 37.5 Å². The number of aliphatic hydroxyl groups is 1. The van der Waals surface area contributed by atoms with Gasteiger partial charge in [0.25, 0.3) is 11.7 Å². The molecule has 2 heterocycles. The van der Waals surface area contributed by atoms with E-state index in [-0.39, 0.29) is 16.2 Å². The lowest BCUT2D eigenvalue weighted by atomic mass is 9.99. The highest BCUT2D eigenvalue weighted by Gasteiger charge is 2.48. The van der Waals surface area contributed by atoms with E-state index < -0.39 is 23.5 Å². The van der Waals surface area contributed by atoms with Gasteiger partial charge in [0, 0.05) is 31.0 Å². The van der Waals surface area contributed by atoms with E-state index in [2.05, 4.69) is 0 Å². The Labute approximate surface area is 196 Å². The van der Waals surface area contributed by atoms with Crippen LogP contribution in [0.1, 0.15) is 24.3 Å². The normalized spacial score (nSPS) is 17.5. The number of nitrogens with zero attached hydrogens (tertiary/aromatic N) is 2. The van der Waals surface area contributed by atoms with Crippen molar-refractivity contribution in [3.63, 3.8) is 0 Å². The molecule has 0 saturated carbocycles. The van der Waals surface area contributed by atoms with Gasteiger partial charge < -0.3 is 19.2 Å². The Morgan fingerprint density at radius 1 is 1.15 bits per heavy atom. The van der Waals surface area contributed by atoms with Crippen molar-refractivity contribution in [3.8, 4) is 5.75 Å². The lowest BCUT2D eigenvalue weighted by molar-refractivity contribution is -0.132. The summed E-state index contributed by atoms with van der Waals surface area (Å²) in [7, 11) is 3.81. The average Bonchev–Trinajstić information content (AvgIpc) is 3.42. The van der Waals surface area contributed by atoms with Gasteiger partial charge in [0.1, 0.15) is 23.3 Å². The molecule has 7 nitrogen and oxygen atoms in total. The number of hydrogen-bond donors (Lipinski definition) is 1. The van der Waals surface area contributed by atoms with E-state index in [9.17, 15) is 14.7 Å². The Bertz CT molecular complexity index is 1220. The van der Waals surface area contributed by atoms with Gasteiger partial charge in [-0.2, -0.15) is 0 Å². The zero-order valence-corrected chi connectivity index (χ0v) is 19.2. The lowest BCUT2D eigenvalue weighted by Gasteiger charge is -2.24. The predicted octanol–water partition coefficient (Wildman–Crippen LogP) is 5.02. The van der Waals surface area contributed by atoms with Gasteiger partial charge in [-0.3, -0.25) is 14.5 Å². The minimum atomic E-state index is -0.961. The van der Waals surface area contributed by atoms with Gasteiger partial charge in [0.2, 0.25) is 0 Å². The van der Waals surface area contributed by atoms with Gasteiger partial charge in [-0.1, -0.05) is 11.6 Å². The Morgan fingerprint density at radius 3 is 2.48 bits per heavy atom. The summed E-state index contributed by atoms with van der Waals surface area (Å²) in [6, 6.07) is 14.3. The first-order valence-electron chi connectivity index (χ1n) is 10.4. The first kappa shape index (κ1) is 22.5. The van der Waals surface area contributed by atoms with Crippen LogP contribution in [0.25, 0.3) is 5.76 Å². The van der Waals surface area contributed by atoms with Crippen LogP contribution in [0.4, 0.5) is 11.4 Å². The van der Waals surface area contributed by atoms with Crippen molar-refractivity contribution >= 4 is 40.4 Å². The number of anilines is 2. The second-order valence-electron chi connectivity index (χ2n) is 7.67. The van der Waals surface area contributed by atoms with Gasteiger partial charge >= 0.3 is 0 Å². The quantitative estimate of drug-likeness (QED) is 0.312. The van der Waals surface area contributed by atoms with E-state index >= 15 is 0 Å². The maximum atomic E-state index is 13.2. The molecule has 0 bridgehead atoms. The second-order valence-corrected chi connectivity index (χ2v) is 8.08. The van der Waals surface area contributed by atoms with E-state index in [0.29, 0.717) is 23.8 Å². The molecule has 1 N–H and O–H groups in total. The summed E-state index contributed by atoms with van der Waals surface area (Å²) in [6.07, 6.45) is 1.45. The summed E-state index contributed by atoms with van der Waals surface area (Å²) in [5.74, 6) is -1.18. The van der Waals surface area contributed by atoms with Gasteiger partial charge in [-0.25, -0.2) is 0 Å². The zero-order valence-electron chi connectivity index (χ0n) is 18.4. The Kier molecular flexibility index (Phi) is 6.16. The van der Waals surface area contributed by atoms with Crippen LogP contribution in [0.5, 0.6) is 5.75 Å². The molecule has 1 amide bonds. The number of aliphatic hydroxyl groups excluding tert-OH is 1. The fourth-order valence-corrected chi connectivity index (χ4v) is 4.02. The van der Waals surface area contributed by atoms with Crippen molar-refractivity contribution in [1.82, 2.24) is 0 Å². The largest absolute Gasteiger partial charge is 0.507 e. The molecule has 1 aliphatic heterocycles. The summed E-state index contributed by atoms with van der Waals surface area (Å²) in [6.45, 7) is 2.25. The van der Waals surface area contributed by atoms with Crippen LogP contribution in [0.3, 0.4) is 0 Å². The van der Waals surface area contributed by atoms with E-state index in [1.54, 1.807) is 42.5 Å². The standard InChI is InChI=1S/C25H23ClN2O5/c1-4-32-17-11-12-19(26)18(14-17)23(29)21-22(20-6-5-13-33-20)28(25(31)24(21)30)16-9-7-15(8-10-16)27(2)3/h5-14,22,29H,4H2,1-3H3/b23-21-. The number of furan rings is 1. The van der Waals surface area contributed by atoms with Crippen LogP contribution in [-0.2, 0) is 9.59 Å². The number of hydrogen-bond acceptors (Lipinski definition) is 6. The summed E-state index contributed by atoms with van der Waals surface area (Å²) >= 11 is 6.34. The van der Waals surface area contributed by atoms with Crippen molar-refractivity contribution in [3.05, 3.63) is 82.8 Å². The molecule has 3 aromatic rings. The third-order valence-electron chi connectivity index (χ3n) is 5.41. The van der Waals surface area contributed by atoms with Gasteiger partial charge in [-0.15, -0.1) is 0 Å². The molecule has 1 fully saturated rings. The van der Waals surface area contributed by atoms with Crippen molar-refractivity contribution in [2.24, 2.45) is 0 Å². The second kappa shape index (κ2) is 9.03. The van der Waals surface area contributed by atoms with Crippen LogP contribution in [0.2, 0.25) is 5.02 Å². The predicted molar refractivity (Wildman–Crippen MR) is 127 cm³/mol. The summed E-state index contributed by atoms with van der Waals surface area (Å²) in [5.41, 5.74) is 1.52. The molecule has 8 heteroatoms. The van der Waals surface area contributed by atoms with E-state index in [4.69, 9.17) is 20.8 Å². The van der Waals surface area contributed by atoms with Gasteiger partial charge in [0.15, 0.2) is 0 Å². The third kappa shape index (κ3) is 4.07. The number of amides is 1. The first-order chi connectivity index (χ1) is 15.8. The van der Waals surface area contributed by atoms with E-state index in [0.717, 1.165) is 5.69 Å². The van der Waals surface area contributed by atoms with Crippen LogP contribution in [0.15, 0.2) is 70.9 Å². The molecule has 2 aromatic carbocycles. The van der Waals surface area contributed by atoms with Crippen LogP contribution < -0.4 is 14.5 Å². The molecule has 0 spiro atoms. The molecule has 4 rings (SSSR count). The molecule has 1 saturated heterocycles. The van der Waals surface area contributed by atoms with Crippen molar-refractivity contribution < 1.29 is 23.8 Å². The molecule has 1 atom stereocenters. The minimum Gasteiger partial charge on any atom is -0.507 e. The number of carbonyl (C=O) groups is 2. The molecule has 0 radical (unpaired) electrons. The molecule has 1 unspecified atom stereocenters. The number of rotatable bonds is 6. The monoisotopic (exact) mass is 466 g/mol. The SMILES string of the molecule is CCOc1ccc(Cl)c(/C(O)=C2/C(=O)C(=O)N(c3ccc(N(C)C)cc3)C2c2ccco2)c1. The maximum absolute atomic E-state index is 13.2. The molecule has 170 valence electrons. The maximum Gasteiger partial charge on any atom is 0.300 e. The summed E-state index contributed by atoms with van der Waals surface area (Å²) < 4.78 is 11.1. The number of benzene rings is 2. The highest BCUT2D eigenvalue weighted by Crippen LogP contribution is 2.43. The van der Waals surface area contributed by atoms with Crippen molar-refractivity contribution in [2.75, 3.05) is 30.5 Å². The number of Topliss-reactive ketones (excluding diaryl/α,β-unsaturated/α-hetero) is 1. The molecule has 1 aromatic heterocycles. The number of carbonyl (C=O) groups excluding carboxylic acids is 2. The fraction of sp³-hybridized carbons (Fsp3) is 0.200. The Hall–Kier alpha value is -3.71. The van der Waals surface area contributed by atoms with E-state index in [1.807, 2.05) is 38.1 Å². The molecule has 0 aliphatic carbocycles. The topological polar surface area (TPSA) is 83.2 Å². The Balaban J connectivity index is 1.88. The number of halogens is 1. The average molecular weight is 467 g/mol. The smallest absolute Gasteiger partial charge is 0.300 e. The fourth-order valence-electron chi connectivity index (χ4n) is 3.81. The zero-order chi connectivity index (χ0) is 23.7. The molecular weight excluding hydrogens is 444 g/mol. The number of ketones is 1. The third-order valence-corrected chi connectivity index (χ3v) is 5.73. The Morgan fingerprint density at radius 2 is 1.88 bits per heavy atom. The lowest BCUT2D eigenvalue weighted by Crippen LogP contribution is -2.29. The highest BCUT2D eigenvalue weighted by molar-refractivity contribution is 6.52. The molecule has 33 heavy (non-hydrogen) atoms. The minimum absolute atomic E-state index is 0.109. The van der Waals surface area contributed by atoms with Crippen molar-refractivity contribution in [1.29, 1.82) is 0 Å². The van der Waals surface area contributed by atoms with Crippen molar-refractivity contribution in [2.45, 2.75) is 13.0 Å². The number of ether oxygens (including phenoxy) is 1. The van der Waals surface area contributed by atoms with Gasteiger partial charge in [0.05, 0.1) is 23.5 Å². The summed E-state index contributed by atoms with van der Waals surface area (Å²) in [4.78, 5) is 29.6. The molecule has 1 aliphatic rings. The highest BCUT2D eigenvalue weighted by atomic mass is 35.5. The van der Waals surface area contributed by atoms with Crippen LogP contribution >= 0.6 is 11.6 Å². The first-order valence-corrected chi connectivity index (χ1v) is 10.8. The van der Waals surface area contributed by atoms with E-state index in [1.165, 1.54) is 11.2 Å². The van der Waals surface area contributed by atoms with Gasteiger partial charge in [-0.05, 0) is 61.5 Å². The summed E-state index contributed by atoms with van der Waals surface area (Å²) in [5, 5.41) is 11.4. The van der Waals surface area contributed by atoms with Crippen LogP contribution in [0, 0.1) is 0 Å². The molecular formula is C25H23ClN2O5.